The van der Waals surface area contributed by atoms with E-state index in [2.05, 4.69) is 45.0 Å². The molecular formula is C18H29NO. The fourth-order valence-electron chi connectivity index (χ4n) is 3.17. The van der Waals surface area contributed by atoms with Crippen molar-refractivity contribution >= 4 is 0 Å². The minimum absolute atomic E-state index is 0.295. The summed E-state index contributed by atoms with van der Waals surface area (Å²) in [5.74, 6) is 2.88. The van der Waals surface area contributed by atoms with Crippen molar-refractivity contribution < 1.29 is 4.74 Å². The third kappa shape index (κ3) is 3.76. The smallest absolute Gasteiger partial charge is 0.119 e. The molecule has 0 aromatic heterocycles. The van der Waals surface area contributed by atoms with Crippen LogP contribution in [0.25, 0.3) is 0 Å². The maximum absolute atomic E-state index is 6.25. The lowest BCUT2D eigenvalue weighted by Gasteiger charge is -2.35. The fourth-order valence-corrected chi connectivity index (χ4v) is 3.17. The molecule has 0 heterocycles. The predicted molar refractivity (Wildman–Crippen MR) is 85.1 cm³/mol. The molecule has 2 N–H and O–H groups in total. The second-order valence-electron chi connectivity index (χ2n) is 6.46. The van der Waals surface area contributed by atoms with E-state index in [1.54, 1.807) is 0 Å². The Balaban J connectivity index is 2.02. The van der Waals surface area contributed by atoms with E-state index in [9.17, 15) is 0 Å². The van der Waals surface area contributed by atoms with Gasteiger partial charge in [-0.25, -0.2) is 0 Å². The lowest BCUT2D eigenvalue weighted by molar-refractivity contribution is 0.0684. The second kappa shape index (κ2) is 7.12. The zero-order valence-electron chi connectivity index (χ0n) is 13.1. The van der Waals surface area contributed by atoms with Crippen molar-refractivity contribution in [2.75, 3.05) is 6.54 Å². The molecule has 2 nitrogen and oxygen atoms in total. The molecule has 2 rings (SSSR count). The fraction of sp³-hybridized carbons (Fsp3) is 0.667. The highest BCUT2D eigenvalue weighted by Crippen LogP contribution is 2.33. The Morgan fingerprint density at radius 2 is 1.90 bits per heavy atom. The highest BCUT2D eigenvalue weighted by Gasteiger charge is 2.30. The van der Waals surface area contributed by atoms with Gasteiger partial charge in [0.05, 0.1) is 0 Å². The van der Waals surface area contributed by atoms with Gasteiger partial charge in [-0.15, -0.1) is 0 Å². The van der Waals surface area contributed by atoms with Gasteiger partial charge in [0, 0.05) is 5.92 Å². The standard InChI is InChI=1S/C18H29NO/c1-4-14-5-6-16(12-19)18(11-14)20-17-9-7-15(8-10-17)13(2)3/h7-10,13-14,16,18H,4-6,11-12,19H2,1-3H3. The van der Waals surface area contributed by atoms with Gasteiger partial charge in [0.1, 0.15) is 11.9 Å². The first kappa shape index (κ1) is 15.4. The molecule has 0 saturated heterocycles. The van der Waals surface area contributed by atoms with E-state index in [0.29, 0.717) is 17.9 Å². The molecule has 0 aliphatic heterocycles. The van der Waals surface area contributed by atoms with Crippen LogP contribution in [0, 0.1) is 11.8 Å². The van der Waals surface area contributed by atoms with Crippen molar-refractivity contribution in [1.29, 1.82) is 0 Å². The molecular weight excluding hydrogens is 246 g/mol. The molecule has 112 valence electrons. The molecule has 1 aliphatic carbocycles. The molecule has 0 bridgehead atoms. The van der Waals surface area contributed by atoms with Crippen LogP contribution < -0.4 is 10.5 Å². The molecule has 2 heteroatoms. The first-order chi connectivity index (χ1) is 9.63. The van der Waals surface area contributed by atoms with E-state index in [1.165, 1.54) is 24.8 Å². The van der Waals surface area contributed by atoms with Gasteiger partial charge in [-0.3, -0.25) is 0 Å². The molecule has 0 radical (unpaired) electrons. The minimum Gasteiger partial charge on any atom is -0.490 e. The Hall–Kier alpha value is -1.02. The Morgan fingerprint density at radius 3 is 2.45 bits per heavy atom. The highest BCUT2D eigenvalue weighted by atomic mass is 16.5. The molecule has 1 aliphatic rings. The summed E-state index contributed by atoms with van der Waals surface area (Å²) >= 11 is 0. The Labute approximate surface area is 123 Å². The van der Waals surface area contributed by atoms with Gasteiger partial charge in [-0.05, 0) is 55.3 Å². The first-order valence-corrected chi connectivity index (χ1v) is 8.10. The predicted octanol–water partition coefficient (Wildman–Crippen LogP) is 4.34. The third-order valence-corrected chi connectivity index (χ3v) is 4.75. The van der Waals surface area contributed by atoms with Crippen LogP contribution in [0.1, 0.15) is 57.9 Å². The van der Waals surface area contributed by atoms with Crippen LogP contribution in [0.3, 0.4) is 0 Å². The van der Waals surface area contributed by atoms with Crippen molar-refractivity contribution in [2.24, 2.45) is 17.6 Å². The summed E-state index contributed by atoms with van der Waals surface area (Å²) in [6.45, 7) is 7.45. The van der Waals surface area contributed by atoms with Gasteiger partial charge < -0.3 is 10.5 Å². The molecule has 3 atom stereocenters. The van der Waals surface area contributed by atoms with Crippen LogP contribution in [0.5, 0.6) is 5.75 Å². The molecule has 1 aromatic carbocycles. The summed E-state index contributed by atoms with van der Waals surface area (Å²) < 4.78 is 6.25. The molecule has 1 fully saturated rings. The monoisotopic (exact) mass is 275 g/mol. The SMILES string of the molecule is CCC1CCC(CN)C(Oc2ccc(C(C)C)cc2)C1. The maximum atomic E-state index is 6.25. The van der Waals surface area contributed by atoms with Gasteiger partial charge in [0.25, 0.3) is 0 Å². The van der Waals surface area contributed by atoms with Gasteiger partial charge in [0.2, 0.25) is 0 Å². The number of hydrogen-bond donors (Lipinski definition) is 1. The van der Waals surface area contributed by atoms with Gasteiger partial charge in [0.15, 0.2) is 0 Å². The molecule has 20 heavy (non-hydrogen) atoms. The quantitative estimate of drug-likeness (QED) is 0.867. The lowest BCUT2D eigenvalue weighted by atomic mass is 9.78. The van der Waals surface area contributed by atoms with Crippen LogP contribution in [-0.4, -0.2) is 12.6 Å². The van der Waals surface area contributed by atoms with Gasteiger partial charge in [-0.2, -0.15) is 0 Å². The number of rotatable bonds is 5. The average Bonchev–Trinajstić information content (AvgIpc) is 2.47. The van der Waals surface area contributed by atoms with Gasteiger partial charge in [-0.1, -0.05) is 39.3 Å². The number of benzene rings is 1. The lowest BCUT2D eigenvalue weighted by Crippen LogP contribution is -2.38. The third-order valence-electron chi connectivity index (χ3n) is 4.75. The van der Waals surface area contributed by atoms with E-state index < -0.39 is 0 Å². The minimum atomic E-state index is 0.295. The van der Waals surface area contributed by atoms with E-state index in [1.807, 2.05) is 0 Å². The van der Waals surface area contributed by atoms with Crippen LogP contribution >= 0.6 is 0 Å². The van der Waals surface area contributed by atoms with Crippen molar-refractivity contribution in [2.45, 2.75) is 58.5 Å². The summed E-state index contributed by atoms with van der Waals surface area (Å²) in [4.78, 5) is 0. The topological polar surface area (TPSA) is 35.2 Å². The van der Waals surface area contributed by atoms with E-state index in [0.717, 1.165) is 24.6 Å². The van der Waals surface area contributed by atoms with Crippen LogP contribution in [-0.2, 0) is 0 Å². The number of hydrogen-bond acceptors (Lipinski definition) is 2. The van der Waals surface area contributed by atoms with Crippen molar-refractivity contribution in [3.05, 3.63) is 29.8 Å². The largest absolute Gasteiger partial charge is 0.490 e. The summed E-state index contributed by atoms with van der Waals surface area (Å²) in [5.41, 5.74) is 7.28. The Kier molecular flexibility index (Phi) is 5.47. The normalized spacial score (nSPS) is 26.8. The van der Waals surface area contributed by atoms with Gasteiger partial charge >= 0.3 is 0 Å². The Bertz CT molecular complexity index is 398. The van der Waals surface area contributed by atoms with Crippen molar-refractivity contribution in [3.63, 3.8) is 0 Å². The van der Waals surface area contributed by atoms with E-state index >= 15 is 0 Å². The summed E-state index contributed by atoms with van der Waals surface area (Å²) in [7, 11) is 0. The summed E-state index contributed by atoms with van der Waals surface area (Å²) in [6.07, 6.45) is 5.23. The molecule has 1 aromatic rings. The van der Waals surface area contributed by atoms with Crippen molar-refractivity contribution in [3.8, 4) is 5.75 Å². The van der Waals surface area contributed by atoms with Crippen LogP contribution in [0.2, 0.25) is 0 Å². The number of nitrogens with two attached hydrogens (primary N) is 1. The zero-order chi connectivity index (χ0) is 14.5. The van der Waals surface area contributed by atoms with Crippen LogP contribution in [0.15, 0.2) is 24.3 Å². The molecule has 0 amide bonds. The van der Waals surface area contributed by atoms with E-state index in [-0.39, 0.29) is 0 Å². The molecule has 1 saturated carbocycles. The highest BCUT2D eigenvalue weighted by molar-refractivity contribution is 5.29. The molecule has 0 spiro atoms. The summed E-state index contributed by atoms with van der Waals surface area (Å²) in [6, 6.07) is 8.58. The average molecular weight is 275 g/mol. The Morgan fingerprint density at radius 1 is 1.20 bits per heavy atom. The summed E-state index contributed by atoms with van der Waals surface area (Å²) in [5, 5.41) is 0. The van der Waals surface area contributed by atoms with E-state index in [4.69, 9.17) is 10.5 Å². The first-order valence-electron chi connectivity index (χ1n) is 8.10. The maximum Gasteiger partial charge on any atom is 0.119 e. The molecule has 3 unspecified atom stereocenters. The zero-order valence-corrected chi connectivity index (χ0v) is 13.1. The second-order valence-corrected chi connectivity index (χ2v) is 6.46. The number of ether oxygens (including phenoxy) is 1. The van der Waals surface area contributed by atoms with Crippen molar-refractivity contribution in [1.82, 2.24) is 0 Å². The van der Waals surface area contributed by atoms with Crippen LogP contribution in [0.4, 0.5) is 0 Å².